The second-order valence-electron chi connectivity index (χ2n) is 9.17. The van der Waals surface area contributed by atoms with Crippen LogP contribution in [0.3, 0.4) is 0 Å². The zero-order chi connectivity index (χ0) is 19.7. The summed E-state index contributed by atoms with van der Waals surface area (Å²) in [6, 6.07) is 0. The minimum atomic E-state index is -0.663. The van der Waals surface area contributed by atoms with Crippen LogP contribution >= 0.6 is 13.5 Å². The van der Waals surface area contributed by atoms with E-state index in [1.165, 1.54) is 0 Å². The molecule has 0 atom stereocenters. The quantitative estimate of drug-likeness (QED) is 0.558. The van der Waals surface area contributed by atoms with Crippen molar-refractivity contribution in [1.82, 2.24) is 0 Å². The molecule has 148 valence electrons. The Kier molecular flexibility index (Phi) is 5.48. The maximum Gasteiger partial charge on any atom is 0.497 e. The Morgan fingerprint density at radius 3 is 1.04 bits per heavy atom. The van der Waals surface area contributed by atoms with Crippen LogP contribution in [0.1, 0.15) is 55.4 Å². The van der Waals surface area contributed by atoms with E-state index in [0.29, 0.717) is 10.9 Å². The number of nitrogens with one attached hydrogen (secondary N) is 2. The van der Waals surface area contributed by atoms with Crippen LogP contribution in [-0.4, -0.2) is 48.1 Å². The topological polar surface area (TPSA) is 84.6 Å². The first-order chi connectivity index (χ1) is 11.7. The van der Waals surface area contributed by atoms with E-state index in [1.807, 2.05) is 55.4 Å². The van der Waals surface area contributed by atoms with E-state index in [9.17, 15) is 0 Å². The van der Waals surface area contributed by atoms with Gasteiger partial charge in [-0.05, 0) is 55.4 Å². The molecule has 2 heterocycles. The van der Waals surface area contributed by atoms with Crippen molar-refractivity contribution in [2.75, 3.05) is 0 Å². The Balaban J connectivity index is 0.00000261. The summed E-state index contributed by atoms with van der Waals surface area (Å²) in [5.74, 6) is 0. The third-order valence-electron chi connectivity index (χ3n) is 6.28. The minimum absolute atomic E-state index is 0. The first kappa shape index (κ1) is 22.4. The molecular formula is C18H30B2N2O4S. The molecule has 0 radical (unpaired) electrons. The van der Waals surface area contributed by atoms with Crippen molar-refractivity contribution < 1.29 is 18.6 Å². The molecule has 2 fully saturated rings. The molecule has 0 amide bonds. The standard InChI is InChI=1S/C18H28B2N2O4.H2S/c1-15(2)16(3,4)24-19(23-15)11-9-10-12(14(22)13(11)21)20-25-17(5,6)18(7,8)26-20;/h9-10,21-22H,1-8H3;1H2. The third-order valence-corrected chi connectivity index (χ3v) is 6.28. The molecule has 27 heavy (non-hydrogen) atoms. The summed E-state index contributed by atoms with van der Waals surface area (Å²) in [7, 11) is -1.33. The monoisotopic (exact) mass is 392 g/mol. The molecule has 0 aromatic heterocycles. The molecule has 0 unspecified atom stereocenters. The van der Waals surface area contributed by atoms with Gasteiger partial charge in [-0.25, -0.2) is 0 Å². The number of hydrogen-bond acceptors (Lipinski definition) is 6. The van der Waals surface area contributed by atoms with E-state index in [1.54, 1.807) is 12.2 Å². The van der Waals surface area contributed by atoms with Crippen LogP contribution in [0.5, 0.6) is 0 Å². The van der Waals surface area contributed by atoms with Crippen LogP contribution in [0.4, 0.5) is 0 Å². The van der Waals surface area contributed by atoms with E-state index in [2.05, 4.69) is 0 Å². The van der Waals surface area contributed by atoms with E-state index >= 15 is 0 Å². The van der Waals surface area contributed by atoms with Gasteiger partial charge in [-0.1, -0.05) is 12.2 Å². The summed E-state index contributed by atoms with van der Waals surface area (Å²) in [5, 5.41) is 16.9. The van der Waals surface area contributed by atoms with Gasteiger partial charge in [0.15, 0.2) is 0 Å². The summed E-state index contributed by atoms with van der Waals surface area (Å²) >= 11 is 0. The average molecular weight is 392 g/mol. The summed E-state index contributed by atoms with van der Waals surface area (Å²) in [6.45, 7) is 15.8. The second kappa shape index (κ2) is 6.59. The highest BCUT2D eigenvalue weighted by Gasteiger charge is 2.56. The fraction of sp³-hybridized carbons (Fsp3) is 0.667. The van der Waals surface area contributed by atoms with Gasteiger partial charge in [0.2, 0.25) is 0 Å². The average Bonchev–Trinajstić information content (AvgIpc) is 2.81. The summed E-state index contributed by atoms with van der Waals surface area (Å²) in [5.41, 5.74) is -0.699. The first-order valence-corrected chi connectivity index (χ1v) is 9.00. The molecule has 0 spiro atoms. The lowest BCUT2D eigenvalue weighted by atomic mass is 9.65. The maximum absolute atomic E-state index is 8.46. The van der Waals surface area contributed by atoms with Gasteiger partial charge in [-0.2, -0.15) is 13.5 Å². The molecule has 6 nitrogen and oxygen atoms in total. The predicted octanol–water partition coefficient (Wildman–Crippen LogP) is 3.27. The first-order valence-electron chi connectivity index (χ1n) is 9.00. The fourth-order valence-corrected chi connectivity index (χ4v) is 2.97. The van der Waals surface area contributed by atoms with Gasteiger partial charge in [0.1, 0.15) is 0 Å². The zero-order valence-corrected chi connectivity index (χ0v) is 18.4. The lowest BCUT2D eigenvalue weighted by molar-refractivity contribution is 0.00578. The Bertz CT molecular complexity index is 650. The van der Waals surface area contributed by atoms with Gasteiger partial charge in [-0.15, -0.1) is 0 Å². The number of allylic oxidation sites excluding steroid dienone is 4. The van der Waals surface area contributed by atoms with Crippen LogP contribution in [0, 0.1) is 10.8 Å². The van der Waals surface area contributed by atoms with E-state index in [-0.39, 0.29) is 24.9 Å². The molecule has 9 heteroatoms. The van der Waals surface area contributed by atoms with Gasteiger partial charge in [0, 0.05) is 10.9 Å². The van der Waals surface area contributed by atoms with Crippen molar-refractivity contribution in [2.24, 2.45) is 0 Å². The summed E-state index contributed by atoms with van der Waals surface area (Å²) in [6.07, 6.45) is 3.56. The molecule has 1 aliphatic carbocycles. The smallest absolute Gasteiger partial charge is 0.399 e. The number of hydrogen-bond donors (Lipinski definition) is 2. The van der Waals surface area contributed by atoms with Crippen LogP contribution < -0.4 is 0 Å². The van der Waals surface area contributed by atoms with E-state index in [4.69, 9.17) is 29.4 Å². The van der Waals surface area contributed by atoms with Crippen LogP contribution in [-0.2, 0) is 18.6 Å². The fourth-order valence-electron chi connectivity index (χ4n) is 2.97. The zero-order valence-electron chi connectivity index (χ0n) is 17.4. The van der Waals surface area contributed by atoms with Crippen LogP contribution in [0.15, 0.2) is 23.1 Å². The lowest BCUT2D eigenvalue weighted by Crippen LogP contribution is -2.41. The Morgan fingerprint density at radius 1 is 0.593 bits per heavy atom. The predicted molar refractivity (Wildman–Crippen MR) is 114 cm³/mol. The highest BCUT2D eigenvalue weighted by Crippen LogP contribution is 2.41. The largest absolute Gasteiger partial charge is 0.497 e. The second-order valence-corrected chi connectivity index (χ2v) is 9.17. The van der Waals surface area contributed by atoms with Gasteiger partial charge >= 0.3 is 14.2 Å². The van der Waals surface area contributed by atoms with Crippen molar-refractivity contribution in [1.29, 1.82) is 10.8 Å². The molecule has 2 N–H and O–H groups in total. The molecule has 3 rings (SSSR count). The highest BCUT2D eigenvalue weighted by molar-refractivity contribution is 7.59. The minimum Gasteiger partial charge on any atom is -0.399 e. The van der Waals surface area contributed by atoms with Crippen LogP contribution in [0.25, 0.3) is 0 Å². The number of rotatable bonds is 2. The SMILES string of the molecule is CC1(C)OB(C2=CC=C(B3OC(C)(C)C(C)(C)O3)C(=N)C2=N)OC1(C)C.S. The van der Waals surface area contributed by atoms with Crippen molar-refractivity contribution in [2.45, 2.75) is 77.8 Å². The van der Waals surface area contributed by atoms with Gasteiger partial charge in [0.05, 0.1) is 33.8 Å². The maximum atomic E-state index is 8.46. The van der Waals surface area contributed by atoms with Crippen molar-refractivity contribution >= 4 is 39.2 Å². The van der Waals surface area contributed by atoms with E-state index in [0.717, 1.165) is 0 Å². The summed E-state index contributed by atoms with van der Waals surface area (Å²) < 4.78 is 24.1. The molecule has 0 aromatic rings. The Labute approximate surface area is 169 Å². The van der Waals surface area contributed by atoms with Gasteiger partial charge < -0.3 is 18.6 Å². The van der Waals surface area contributed by atoms with Crippen molar-refractivity contribution in [3.05, 3.63) is 23.1 Å². The molecule has 0 saturated carbocycles. The molecule has 3 aliphatic rings. The van der Waals surface area contributed by atoms with E-state index < -0.39 is 36.6 Å². The Morgan fingerprint density at radius 2 is 0.815 bits per heavy atom. The highest BCUT2D eigenvalue weighted by atomic mass is 32.1. The van der Waals surface area contributed by atoms with Crippen LogP contribution in [0.2, 0.25) is 0 Å². The summed E-state index contributed by atoms with van der Waals surface area (Å²) in [4.78, 5) is 0. The molecule has 2 aliphatic heterocycles. The van der Waals surface area contributed by atoms with Crippen molar-refractivity contribution in [3.8, 4) is 0 Å². The van der Waals surface area contributed by atoms with Crippen molar-refractivity contribution in [3.63, 3.8) is 0 Å². The Hall–Kier alpha value is -0.860. The lowest BCUT2D eigenvalue weighted by Gasteiger charge is -2.32. The molecule has 2 saturated heterocycles. The molecular weight excluding hydrogens is 362 g/mol. The molecule has 0 bridgehead atoms. The molecule has 0 aromatic carbocycles. The third kappa shape index (κ3) is 3.49. The van der Waals surface area contributed by atoms with Gasteiger partial charge in [-0.3, -0.25) is 10.8 Å². The van der Waals surface area contributed by atoms with Gasteiger partial charge in [0.25, 0.3) is 0 Å². The normalized spacial score (nSPS) is 28.0.